The number of nitrogens with zero attached hydrogens (tertiary/aromatic N) is 1. The molecule has 0 heterocycles. The third-order valence-electron chi connectivity index (χ3n) is 2.74. The van der Waals surface area contributed by atoms with E-state index in [1.807, 2.05) is 11.8 Å². The molecule has 0 aliphatic heterocycles. The second-order valence-electron chi connectivity index (χ2n) is 4.33. The first kappa shape index (κ1) is 14.4. The highest BCUT2D eigenvalue weighted by atomic mass is 16.3. The average molecular weight is 215 g/mol. The highest BCUT2D eigenvalue weighted by Gasteiger charge is 2.14. The summed E-state index contributed by atoms with van der Waals surface area (Å²) in [5.41, 5.74) is 0. The second kappa shape index (κ2) is 7.69. The predicted molar refractivity (Wildman–Crippen MR) is 62.6 cm³/mol. The summed E-state index contributed by atoms with van der Waals surface area (Å²) in [4.78, 5) is 13.6. The number of aliphatic hydroxyl groups is 1. The van der Waals surface area contributed by atoms with Crippen molar-refractivity contribution in [2.45, 2.75) is 53.1 Å². The van der Waals surface area contributed by atoms with Crippen molar-refractivity contribution in [3.63, 3.8) is 0 Å². The number of rotatable bonds is 7. The molecule has 3 nitrogen and oxygen atoms in total. The molecule has 0 spiro atoms. The molecule has 0 rings (SSSR count). The zero-order valence-corrected chi connectivity index (χ0v) is 10.5. The number of aliphatic hydroxyl groups excluding tert-OH is 1. The lowest BCUT2D eigenvalue weighted by Gasteiger charge is -2.24. The van der Waals surface area contributed by atoms with Gasteiger partial charge in [0.25, 0.3) is 0 Å². The van der Waals surface area contributed by atoms with E-state index in [1.165, 1.54) is 0 Å². The van der Waals surface area contributed by atoms with Crippen LogP contribution in [0.5, 0.6) is 0 Å². The monoisotopic (exact) mass is 215 g/mol. The van der Waals surface area contributed by atoms with Crippen molar-refractivity contribution >= 4 is 5.91 Å². The van der Waals surface area contributed by atoms with Crippen molar-refractivity contribution in [1.82, 2.24) is 4.90 Å². The van der Waals surface area contributed by atoms with Gasteiger partial charge < -0.3 is 10.0 Å². The van der Waals surface area contributed by atoms with Gasteiger partial charge >= 0.3 is 0 Å². The van der Waals surface area contributed by atoms with Crippen LogP contribution in [0.3, 0.4) is 0 Å². The topological polar surface area (TPSA) is 40.5 Å². The molecule has 0 radical (unpaired) electrons. The van der Waals surface area contributed by atoms with Gasteiger partial charge in [0.2, 0.25) is 5.91 Å². The normalized spacial score (nSPS) is 14.7. The van der Waals surface area contributed by atoms with Gasteiger partial charge in [0.1, 0.15) is 0 Å². The van der Waals surface area contributed by atoms with Gasteiger partial charge in [0.15, 0.2) is 0 Å². The molecule has 0 aromatic carbocycles. The Morgan fingerprint density at radius 1 is 1.33 bits per heavy atom. The Kier molecular flexibility index (Phi) is 7.39. The summed E-state index contributed by atoms with van der Waals surface area (Å²) >= 11 is 0. The van der Waals surface area contributed by atoms with Gasteiger partial charge in [0.05, 0.1) is 6.10 Å². The minimum atomic E-state index is -0.378. The second-order valence-corrected chi connectivity index (χ2v) is 4.33. The van der Waals surface area contributed by atoms with Gasteiger partial charge in [-0.15, -0.1) is 0 Å². The summed E-state index contributed by atoms with van der Waals surface area (Å²) in [6.07, 6.45) is 1.74. The summed E-state index contributed by atoms with van der Waals surface area (Å²) in [5.74, 6) is 0.721. The summed E-state index contributed by atoms with van der Waals surface area (Å²) in [6.45, 7) is 9.62. The number of hydrogen-bond acceptors (Lipinski definition) is 2. The molecule has 90 valence electrons. The first-order chi connectivity index (χ1) is 7.01. The molecule has 15 heavy (non-hydrogen) atoms. The van der Waals surface area contributed by atoms with Crippen molar-refractivity contribution in [1.29, 1.82) is 0 Å². The Labute approximate surface area is 93.5 Å². The molecule has 1 amide bonds. The molecule has 0 saturated heterocycles. The van der Waals surface area contributed by atoms with Gasteiger partial charge in [-0.05, 0) is 26.2 Å². The van der Waals surface area contributed by atoms with E-state index in [0.717, 1.165) is 19.5 Å². The van der Waals surface area contributed by atoms with Crippen LogP contribution in [0, 0.1) is 5.92 Å². The number of carbonyl (C=O) groups excluding carboxylic acids is 1. The van der Waals surface area contributed by atoms with Gasteiger partial charge in [-0.1, -0.05) is 20.3 Å². The van der Waals surface area contributed by atoms with Crippen LogP contribution in [0.4, 0.5) is 0 Å². The van der Waals surface area contributed by atoms with Crippen molar-refractivity contribution in [3.05, 3.63) is 0 Å². The van der Waals surface area contributed by atoms with Crippen molar-refractivity contribution in [3.8, 4) is 0 Å². The van der Waals surface area contributed by atoms with E-state index in [9.17, 15) is 4.79 Å². The Hall–Kier alpha value is -0.570. The van der Waals surface area contributed by atoms with E-state index in [2.05, 4.69) is 13.8 Å². The standard InChI is InChI=1S/C12H25NO2/c1-5-10(3)9-13(6-2)12(15)8-7-11(4)14/h10-11,14H,5-9H2,1-4H3. The van der Waals surface area contributed by atoms with E-state index >= 15 is 0 Å². The van der Waals surface area contributed by atoms with E-state index in [1.54, 1.807) is 6.92 Å². The molecule has 0 fully saturated rings. The molecule has 2 atom stereocenters. The largest absolute Gasteiger partial charge is 0.393 e. The molecule has 0 aliphatic rings. The van der Waals surface area contributed by atoms with E-state index in [0.29, 0.717) is 18.8 Å². The third-order valence-corrected chi connectivity index (χ3v) is 2.74. The number of carbonyl (C=O) groups is 1. The zero-order chi connectivity index (χ0) is 11.8. The van der Waals surface area contributed by atoms with Crippen molar-refractivity contribution in [2.75, 3.05) is 13.1 Å². The zero-order valence-electron chi connectivity index (χ0n) is 10.5. The fraction of sp³-hybridized carbons (Fsp3) is 0.917. The highest BCUT2D eigenvalue weighted by molar-refractivity contribution is 5.76. The van der Waals surface area contributed by atoms with Crippen LogP contribution in [0.25, 0.3) is 0 Å². The van der Waals surface area contributed by atoms with Crippen molar-refractivity contribution in [2.24, 2.45) is 5.92 Å². The maximum absolute atomic E-state index is 11.7. The molecule has 0 aliphatic carbocycles. The lowest BCUT2D eigenvalue weighted by molar-refractivity contribution is -0.132. The fourth-order valence-corrected chi connectivity index (χ4v) is 1.40. The molecular formula is C12H25NO2. The number of amides is 1. The first-order valence-corrected chi connectivity index (χ1v) is 5.97. The Balaban J connectivity index is 3.99. The smallest absolute Gasteiger partial charge is 0.222 e. The van der Waals surface area contributed by atoms with Gasteiger partial charge in [-0.25, -0.2) is 0 Å². The molecule has 2 unspecified atom stereocenters. The van der Waals surface area contributed by atoms with Gasteiger partial charge in [0, 0.05) is 19.5 Å². The highest BCUT2D eigenvalue weighted by Crippen LogP contribution is 2.07. The van der Waals surface area contributed by atoms with Crippen LogP contribution in [0.1, 0.15) is 47.0 Å². The SMILES string of the molecule is CCC(C)CN(CC)C(=O)CCC(C)O. The maximum Gasteiger partial charge on any atom is 0.222 e. The van der Waals surface area contributed by atoms with Crippen LogP contribution in [0.2, 0.25) is 0 Å². The summed E-state index contributed by atoms with van der Waals surface area (Å²) in [6, 6.07) is 0. The molecule has 3 heteroatoms. The lowest BCUT2D eigenvalue weighted by atomic mass is 10.1. The molecule has 0 saturated carbocycles. The van der Waals surface area contributed by atoms with E-state index < -0.39 is 0 Å². The molecule has 1 N–H and O–H groups in total. The minimum absolute atomic E-state index is 0.165. The Morgan fingerprint density at radius 3 is 2.33 bits per heavy atom. The third kappa shape index (κ3) is 6.50. The molecular weight excluding hydrogens is 190 g/mol. The van der Waals surface area contributed by atoms with Crippen LogP contribution >= 0.6 is 0 Å². The Morgan fingerprint density at radius 2 is 1.93 bits per heavy atom. The quantitative estimate of drug-likeness (QED) is 0.706. The van der Waals surface area contributed by atoms with Crippen LogP contribution in [-0.2, 0) is 4.79 Å². The average Bonchev–Trinajstić information content (AvgIpc) is 2.21. The van der Waals surface area contributed by atoms with E-state index in [4.69, 9.17) is 5.11 Å². The maximum atomic E-state index is 11.7. The molecule has 0 aromatic rings. The van der Waals surface area contributed by atoms with E-state index in [-0.39, 0.29) is 12.0 Å². The van der Waals surface area contributed by atoms with Gasteiger partial charge in [-0.3, -0.25) is 4.79 Å². The number of hydrogen-bond donors (Lipinski definition) is 1. The van der Waals surface area contributed by atoms with Crippen LogP contribution in [-0.4, -0.2) is 35.1 Å². The van der Waals surface area contributed by atoms with Gasteiger partial charge in [-0.2, -0.15) is 0 Å². The predicted octanol–water partition coefficient (Wildman–Crippen LogP) is 2.04. The molecule has 0 aromatic heterocycles. The fourth-order valence-electron chi connectivity index (χ4n) is 1.40. The first-order valence-electron chi connectivity index (χ1n) is 5.97. The minimum Gasteiger partial charge on any atom is -0.393 e. The van der Waals surface area contributed by atoms with Crippen LogP contribution in [0.15, 0.2) is 0 Å². The van der Waals surface area contributed by atoms with Crippen LogP contribution < -0.4 is 0 Å². The lowest BCUT2D eigenvalue weighted by Crippen LogP contribution is -2.34. The molecule has 0 bridgehead atoms. The summed E-state index contributed by atoms with van der Waals surface area (Å²) < 4.78 is 0. The Bertz CT molecular complexity index is 180. The summed E-state index contributed by atoms with van der Waals surface area (Å²) in [5, 5.41) is 9.11. The summed E-state index contributed by atoms with van der Waals surface area (Å²) in [7, 11) is 0. The van der Waals surface area contributed by atoms with Crippen molar-refractivity contribution < 1.29 is 9.90 Å².